The Hall–Kier alpha value is -0.940. The second kappa shape index (κ2) is 16.7. The Balaban J connectivity index is 0.990. The summed E-state index contributed by atoms with van der Waals surface area (Å²) in [6, 6.07) is 0. The fourth-order valence-corrected chi connectivity index (χ4v) is 12.1. The van der Waals surface area contributed by atoms with E-state index in [0.717, 1.165) is 19.3 Å². The molecule has 57 heavy (non-hydrogen) atoms. The highest BCUT2D eigenvalue weighted by atomic mass is 16.7. The summed E-state index contributed by atoms with van der Waals surface area (Å²) in [6.45, 7) is 6.89. The summed E-state index contributed by atoms with van der Waals surface area (Å²) in [5.74, 6) is 0.173. The van der Waals surface area contributed by atoms with Crippen LogP contribution in [-0.4, -0.2) is 181 Å². The van der Waals surface area contributed by atoms with Crippen molar-refractivity contribution in [1.29, 1.82) is 0 Å². The van der Waals surface area contributed by atoms with Crippen molar-refractivity contribution in [3.05, 3.63) is 11.6 Å². The first kappa shape index (κ1) is 44.1. The summed E-state index contributed by atoms with van der Waals surface area (Å²) in [7, 11) is 1.41. The molecule has 0 aromatic carbocycles. The smallest absolute Gasteiger partial charge is 0.187 e. The Bertz CT molecular complexity index is 1420. The largest absolute Gasteiger partial charge is 0.394 e. The van der Waals surface area contributed by atoms with Crippen LogP contribution in [0.4, 0.5) is 0 Å². The van der Waals surface area contributed by atoms with Gasteiger partial charge in [-0.15, -0.1) is 0 Å². The molecule has 0 aromatic rings. The number of fused-ring (bicyclic) bond motifs is 5. The minimum Gasteiger partial charge on any atom is -0.394 e. The fraction of sp³-hybridized carbons (Fsp3) is 0.950. The molecule has 3 aliphatic heterocycles. The van der Waals surface area contributed by atoms with Crippen LogP contribution in [0.3, 0.4) is 0 Å². The van der Waals surface area contributed by atoms with Crippen molar-refractivity contribution in [2.75, 3.05) is 20.3 Å². The Morgan fingerprint density at radius 1 is 0.719 bits per heavy atom. The topological polar surface area (TPSA) is 267 Å². The van der Waals surface area contributed by atoms with Gasteiger partial charge in [0.25, 0.3) is 0 Å². The van der Waals surface area contributed by atoms with Gasteiger partial charge in [-0.2, -0.15) is 0 Å². The van der Waals surface area contributed by atoms with E-state index in [1.165, 1.54) is 12.7 Å². The van der Waals surface area contributed by atoms with Crippen molar-refractivity contribution >= 4 is 0 Å². The van der Waals surface area contributed by atoms with E-state index in [-0.39, 0.29) is 29.3 Å². The minimum atomic E-state index is -1.63. The van der Waals surface area contributed by atoms with Gasteiger partial charge in [0.15, 0.2) is 18.9 Å². The molecule has 0 radical (unpaired) electrons. The lowest BCUT2D eigenvalue weighted by atomic mass is 9.45. The lowest BCUT2D eigenvalue weighted by molar-refractivity contribution is -0.361. The predicted molar refractivity (Wildman–Crippen MR) is 196 cm³/mol. The maximum Gasteiger partial charge on any atom is 0.187 e. The summed E-state index contributed by atoms with van der Waals surface area (Å²) in [6.07, 6.45) is -11.8. The van der Waals surface area contributed by atoms with Crippen LogP contribution in [0.1, 0.15) is 79.1 Å². The zero-order valence-corrected chi connectivity index (χ0v) is 33.5. The van der Waals surface area contributed by atoms with Gasteiger partial charge in [-0.1, -0.05) is 25.5 Å². The molecule has 328 valence electrons. The SMILES string of the molecule is COC1C(O)C(OC2CCC3(C)C(=CCC4C3CCC3(C)C(C(C)OC5OC(CO)C(O)C(O)C5O)CCC43O)C2)OC(C)C1OC1OC(CO)C(O)C(O)C1O. The van der Waals surface area contributed by atoms with Crippen molar-refractivity contribution < 1.29 is 84.2 Å². The zero-order valence-electron chi connectivity index (χ0n) is 33.5. The molecule has 0 bridgehead atoms. The number of rotatable bonds is 10. The molecule has 6 fully saturated rings. The van der Waals surface area contributed by atoms with Crippen molar-refractivity contribution in [1.82, 2.24) is 0 Å². The first-order valence-electron chi connectivity index (χ1n) is 20.8. The third-order valence-electron chi connectivity index (χ3n) is 15.6. The number of aliphatic hydroxyl groups is 10. The van der Waals surface area contributed by atoms with Gasteiger partial charge in [-0.25, -0.2) is 0 Å². The Kier molecular flexibility index (Phi) is 13.0. The van der Waals surface area contributed by atoms with E-state index in [0.29, 0.717) is 32.1 Å². The third kappa shape index (κ3) is 7.37. The number of ether oxygens (including phenoxy) is 7. The number of hydrogen-bond acceptors (Lipinski definition) is 17. The van der Waals surface area contributed by atoms with E-state index in [4.69, 9.17) is 33.2 Å². The number of aliphatic hydroxyl groups excluding tert-OH is 9. The van der Waals surface area contributed by atoms with Crippen LogP contribution in [0.15, 0.2) is 11.6 Å². The van der Waals surface area contributed by atoms with E-state index >= 15 is 0 Å². The molecule has 0 amide bonds. The summed E-state index contributed by atoms with van der Waals surface area (Å²) in [4.78, 5) is 0. The van der Waals surface area contributed by atoms with Gasteiger partial charge in [-0.3, -0.25) is 0 Å². The van der Waals surface area contributed by atoms with Crippen LogP contribution < -0.4 is 0 Å². The molecule has 3 saturated carbocycles. The van der Waals surface area contributed by atoms with Crippen LogP contribution >= 0.6 is 0 Å². The molecule has 0 spiro atoms. The predicted octanol–water partition coefficient (Wildman–Crippen LogP) is -1.42. The van der Waals surface area contributed by atoms with Gasteiger partial charge in [0, 0.05) is 12.5 Å². The first-order chi connectivity index (χ1) is 26.9. The number of hydrogen-bond donors (Lipinski definition) is 10. The third-order valence-corrected chi connectivity index (χ3v) is 15.6. The quantitative estimate of drug-likeness (QED) is 0.113. The van der Waals surface area contributed by atoms with Crippen molar-refractivity contribution in [2.45, 2.75) is 189 Å². The van der Waals surface area contributed by atoms with E-state index in [1.54, 1.807) is 6.92 Å². The molecule has 3 heterocycles. The van der Waals surface area contributed by atoms with E-state index < -0.39 is 122 Å². The molecular formula is C40H66O17. The van der Waals surface area contributed by atoms with Crippen LogP contribution in [-0.2, 0) is 33.2 Å². The van der Waals surface area contributed by atoms with E-state index in [1.807, 2.05) is 6.92 Å². The van der Waals surface area contributed by atoms with E-state index in [2.05, 4.69) is 19.9 Å². The van der Waals surface area contributed by atoms with Gasteiger partial charge in [0.2, 0.25) is 0 Å². The average molecular weight is 819 g/mol. The van der Waals surface area contributed by atoms with Crippen molar-refractivity contribution in [3.8, 4) is 0 Å². The number of methoxy groups -OCH3 is 1. The normalized spacial score (nSPS) is 54.6. The lowest BCUT2D eigenvalue weighted by Crippen LogP contribution is -2.64. The maximum atomic E-state index is 12.7. The molecule has 23 atom stereocenters. The van der Waals surface area contributed by atoms with Crippen LogP contribution in [0.25, 0.3) is 0 Å². The standard InChI is InChI=1S/C40H66O17/c1-17(52-35-30(47)28(45)26(43)24(15-41)55-35)21-10-13-40(50)23-7-6-19-14-20(8-11-38(19,3)22(23)9-12-39(21,40)4)54-37-32(49)34(51-5)33(18(2)53-37)57-36-31(48)29(46)27(44)25(16-42)56-36/h6,17-18,20-37,41-50H,7-16H2,1-5H3. The highest BCUT2D eigenvalue weighted by Gasteiger charge is 2.67. The molecule has 17 nitrogen and oxygen atoms in total. The van der Waals surface area contributed by atoms with Crippen LogP contribution in [0.2, 0.25) is 0 Å². The molecule has 3 saturated heterocycles. The van der Waals surface area contributed by atoms with Crippen LogP contribution in [0.5, 0.6) is 0 Å². The van der Waals surface area contributed by atoms with Gasteiger partial charge >= 0.3 is 0 Å². The second-order valence-corrected chi connectivity index (χ2v) is 18.4. The summed E-state index contributed by atoms with van der Waals surface area (Å²) < 4.78 is 41.7. The van der Waals surface area contributed by atoms with Gasteiger partial charge in [0.05, 0.1) is 37.1 Å². The molecule has 4 aliphatic carbocycles. The summed E-state index contributed by atoms with van der Waals surface area (Å²) in [5.41, 5.74) is -0.357. The van der Waals surface area contributed by atoms with Gasteiger partial charge in [0.1, 0.15) is 67.1 Å². The van der Waals surface area contributed by atoms with Gasteiger partial charge < -0.3 is 84.2 Å². The highest BCUT2D eigenvalue weighted by Crippen LogP contribution is 2.68. The molecule has 23 unspecified atom stereocenters. The van der Waals surface area contributed by atoms with Crippen LogP contribution in [0, 0.1) is 28.6 Å². The molecular weight excluding hydrogens is 752 g/mol. The first-order valence-corrected chi connectivity index (χ1v) is 20.8. The van der Waals surface area contributed by atoms with E-state index in [9.17, 15) is 51.1 Å². The maximum absolute atomic E-state index is 12.7. The Labute approximate surface area is 333 Å². The Morgan fingerprint density at radius 2 is 1.33 bits per heavy atom. The summed E-state index contributed by atoms with van der Waals surface area (Å²) in [5, 5.41) is 106. The molecule has 0 aromatic heterocycles. The molecule has 17 heteroatoms. The monoisotopic (exact) mass is 818 g/mol. The number of allylic oxidation sites excluding steroid dienone is 1. The van der Waals surface area contributed by atoms with Crippen molar-refractivity contribution in [3.63, 3.8) is 0 Å². The second-order valence-electron chi connectivity index (χ2n) is 18.4. The Morgan fingerprint density at radius 3 is 1.96 bits per heavy atom. The fourth-order valence-electron chi connectivity index (χ4n) is 12.1. The summed E-state index contributed by atoms with van der Waals surface area (Å²) >= 11 is 0. The van der Waals surface area contributed by atoms with Crippen molar-refractivity contribution in [2.24, 2.45) is 28.6 Å². The average Bonchev–Trinajstić information content (AvgIpc) is 3.47. The lowest BCUT2D eigenvalue weighted by Gasteiger charge is -2.61. The molecule has 10 N–H and O–H groups in total. The van der Waals surface area contributed by atoms with Gasteiger partial charge in [-0.05, 0) is 88.4 Å². The molecule has 7 aliphatic rings. The molecule has 7 rings (SSSR count). The highest BCUT2D eigenvalue weighted by molar-refractivity contribution is 5.28. The minimum absolute atomic E-state index is 0.0133. The zero-order chi connectivity index (χ0) is 41.4.